The molecule has 3 fully saturated rings. The molecular formula is C27H40N6O8S2. The number of hydrogen-bond acceptors (Lipinski definition) is 11. The molecule has 0 aromatic carbocycles. The van der Waals surface area contributed by atoms with Gasteiger partial charge >= 0.3 is 5.97 Å². The number of carbonyl (C=O) groups is 6. The van der Waals surface area contributed by atoms with E-state index in [1.807, 2.05) is 0 Å². The van der Waals surface area contributed by atoms with Gasteiger partial charge in [-0.3, -0.25) is 33.7 Å². The Labute approximate surface area is 258 Å². The van der Waals surface area contributed by atoms with Crippen molar-refractivity contribution in [3.63, 3.8) is 0 Å². The highest BCUT2D eigenvalue weighted by atomic mass is 33.1. The third-order valence-corrected chi connectivity index (χ3v) is 9.89. The zero-order valence-corrected chi connectivity index (χ0v) is 25.7. The van der Waals surface area contributed by atoms with E-state index in [1.54, 1.807) is 12.2 Å². The zero-order chi connectivity index (χ0) is 30.7. The van der Waals surface area contributed by atoms with Gasteiger partial charge in [-0.2, -0.15) is 0 Å². The van der Waals surface area contributed by atoms with Crippen molar-refractivity contribution in [1.29, 1.82) is 0 Å². The van der Waals surface area contributed by atoms with Crippen LogP contribution >= 0.6 is 21.6 Å². The average Bonchev–Trinajstić information content (AvgIpc) is 3.76. The molecule has 4 rings (SSSR count). The molecule has 3 heterocycles. The van der Waals surface area contributed by atoms with Gasteiger partial charge in [0.1, 0.15) is 30.3 Å². The van der Waals surface area contributed by atoms with Gasteiger partial charge in [-0.15, -0.1) is 0 Å². The van der Waals surface area contributed by atoms with E-state index in [4.69, 9.17) is 9.47 Å². The number of hydrogen-bond donors (Lipinski definition) is 5. The topological polar surface area (TPSA) is 184 Å². The van der Waals surface area contributed by atoms with Gasteiger partial charge in [0, 0.05) is 44.1 Å². The van der Waals surface area contributed by atoms with E-state index >= 15 is 0 Å². The van der Waals surface area contributed by atoms with Crippen LogP contribution in [0.25, 0.3) is 0 Å². The minimum atomic E-state index is -1.16. The average molecular weight is 641 g/mol. The predicted octanol–water partition coefficient (Wildman–Crippen LogP) is -1.39. The quantitative estimate of drug-likeness (QED) is 0.131. The number of morpholine rings is 1. The van der Waals surface area contributed by atoms with Crippen LogP contribution in [0.3, 0.4) is 0 Å². The number of fused-ring (bicyclic) bond motifs is 7. The number of amides is 5. The third-order valence-electron chi connectivity index (χ3n) is 7.45. The molecule has 0 aromatic rings. The van der Waals surface area contributed by atoms with E-state index in [0.29, 0.717) is 51.3 Å². The lowest BCUT2D eigenvalue weighted by Gasteiger charge is -2.26. The first kappa shape index (κ1) is 33.1. The first-order valence-electron chi connectivity index (χ1n) is 14.6. The highest BCUT2D eigenvalue weighted by Gasteiger charge is 2.52. The first-order chi connectivity index (χ1) is 20.7. The van der Waals surface area contributed by atoms with Crippen LogP contribution in [0.5, 0.6) is 0 Å². The van der Waals surface area contributed by atoms with Gasteiger partial charge in [-0.05, 0) is 31.8 Å². The Hall–Kier alpha value is -2.82. The minimum Gasteiger partial charge on any atom is -0.456 e. The highest BCUT2D eigenvalue weighted by Crippen LogP contribution is 2.36. The van der Waals surface area contributed by atoms with Crippen LogP contribution in [-0.4, -0.2) is 122 Å². The molecule has 238 valence electrons. The van der Waals surface area contributed by atoms with Gasteiger partial charge in [0.15, 0.2) is 0 Å². The van der Waals surface area contributed by atoms with Crippen molar-refractivity contribution >= 4 is 57.1 Å². The van der Waals surface area contributed by atoms with Gasteiger partial charge in [0.2, 0.25) is 29.5 Å². The molecule has 16 heteroatoms. The summed E-state index contributed by atoms with van der Waals surface area (Å²) in [6.07, 6.45) is 3.61. The standard InChI is InChI=1S/C27H40N6O8S2/c34-21(28-8-9-33-10-12-40-13-11-33)5-4-19-24(37)31-20-17-43-42-14-2-1-3-18(15-22(35)30-19)41-23(36)16-29-26(39)27(6-7-27)32-25(20)38/h1,3,18-20H,2,4-17H2,(H,28,34)(H,29,39)(H,30,35)(H,31,37)(H,32,38)/b3-1+/t18-,19-,20-/m1/s1. The Kier molecular flexibility index (Phi) is 12.5. The Bertz CT molecular complexity index is 1080. The first-order valence-corrected chi connectivity index (χ1v) is 17.1. The molecular weight excluding hydrogens is 600 g/mol. The van der Waals surface area contributed by atoms with E-state index < -0.39 is 59.9 Å². The lowest BCUT2D eigenvalue weighted by atomic mass is 10.1. The molecule has 0 aromatic heterocycles. The fourth-order valence-electron chi connectivity index (χ4n) is 4.78. The molecule has 1 saturated carbocycles. The summed E-state index contributed by atoms with van der Waals surface area (Å²) in [7, 11) is 2.91. The van der Waals surface area contributed by atoms with Gasteiger partial charge in [0.05, 0.1) is 19.6 Å². The Morgan fingerprint density at radius 2 is 1.86 bits per heavy atom. The van der Waals surface area contributed by atoms with Crippen LogP contribution in [0, 0.1) is 0 Å². The van der Waals surface area contributed by atoms with E-state index in [9.17, 15) is 28.8 Å². The summed E-state index contributed by atoms with van der Waals surface area (Å²) in [4.78, 5) is 80.1. The number of nitrogens with zero attached hydrogens (tertiary/aromatic N) is 1. The van der Waals surface area contributed by atoms with Crippen LogP contribution in [0.15, 0.2) is 12.2 Å². The van der Waals surface area contributed by atoms with Crippen molar-refractivity contribution in [3.05, 3.63) is 12.2 Å². The number of allylic oxidation sites excluding steroid dienone is 1. The summed E-state index contributed by atoms with van der Waals surface area (Å²) in [5.74, 6) is -2.35. The van der Waals surface area contributed by atoms with Crippen molar-refractivity contribution in [2.45, 2.75) is 62.3 Å². The van der Waals surface area contributed by atoms with E-state index in [0.717, 1.165) is 13.1 Å². The molecule has 14 nitrogen and oxygen atoms in total. The molecule has 5 N–H and O–H groups in total. The summed E-state index contributed by atoms with van der Waals surface area (Å²) in [6, 6.07) is -2.12. The monoisotopic (exact) mass is 640 g/mol. The molecule has 3 aliphatic heterocycles. The fraction of sp³-hybridized carbons (Fsp3) is 0.704. The molecule has 4 aliphatic rings. The fourth-order valence-corrected chi connectivity index (χ4v) is 6.94. The molecule has 1 spiro atoms. The number of ether oxygens (including phenoxy) is 2. The van der Waals surface area contributed by atoms with Crippen LogP contribution in [0.4, 0.5) is 0 Å². The number of nitrogens with one attached hydrogen (secondary N) is 5. The maximum Gasteiger partial charge on any atom is 0.326 e. The van der Waals surface area contributed by atoms with Crippen LogP contribution in [0.2, 0.25) is 0 Å². The second kappa shape index (κ2) is 16.3. The van der Waals surface area contributed by atoms with Crippen LogP contribution in [-0.2, 0) is 38.2 Å². The Morgan fingerprint density at radius 1 is 1.07 bits per heavy atom. The lowest BCUT2D eigenvalue weighted by Crippen LogP contribution is -2.59. The molecule has 1 aliphatic carbocycles. The van der Waals surface area contributed by atoms with E-state index in [-0.39, 0.29) is 30.9 Å². The number of esters is 1. The molecule has 2 saturated heterocycles. The third kappa shape index (κ3) is 10.7. The second-order valence-corrected chi connectivity index (χ2v) is 13.5. The molecule has 3 atom stereocenters. The van der Waals surface area contributed by atoms with E-state index in [1.165, 1.54) is 21.6 Å². The maximum atomic E-state index is 13.5. The van der Waals surface area contributed by atoms with Crippen molar-refractivity contribution in [2.75, 3.05) is 57.4 Å². The second-order valence-electron chi connectivity index (χ2n) is 10.8. The molecule has 5 amide bonds. The molecule has 2 bridgehead atoms. The van der Waals surface area contributed by atoms with Gasteiger partial charge in [-0.25, -0.2) is 0 Å². The van der Waals surface area contributed by atoms with Gasteiger partial charge in [0.25, 0.3) is 0 Å². The summed E-state index contributed by atoms with van der Waals surface area (Å²) >= 11 is 0. The van der Waals surface area contributed by atoms with Crippen molar-refractivity contribution in [3.8, 4) is 0 Å². The SMILES string of the molecule is O=C(CC[C@H]1NC(=O)C[C@H]2/C=C/CCSSC[C@@H](NC1=O)C(=O)NC1(CC1)C(=O)NCC(=O)O2)NCCN1CCOCC1. The van der Waals surface area contributed by atoms with Gasteiger partial charge < -0.3 is 36.1 Å². The largest absolute Gasteiger partial charge is 0.456 e. The summed E-state index contributed by atoms with van der Waals surface area (Å²) in [5, 5.41) is 13.5. The minimum absolute atomic E-state index is 0.0101. The number of carbonyl (C=O) groups excluding carboxylic acids is 6. The van der Waals surface area contributed by atoms with Crippen LogP contribution in [0.1, 0.15) is 38.5 Å². The maximum absolute atomic E-state index is 13.5. The lowest BCUT2D eigenvalue weighted by molar-refractivity contribution is -0.148. The smallest absolute Gasteiger partial charge is 0.326 e. The van der Waals surface area contributed by atoms with E-state index in [2.05, 4.69) is 31.5 Å². The molecule has 0 unspecified atom stereocenters. The number of rotatable bonds is 6. The van der Waals surface area contributed by atoms with Gasteiger partial charge in [-0.1, -0.05) is 27.7 Å². The summed E-state index contributed by atoms with van der Waals surface area (Å²) < 4.78 is 10.8. The summed E-state index contributed by atoms with van der Waals surface area (Å²) in [6.45, 7) is 3.61. The van der Waals surface area contributed by atoms with Crippen molar-refractivity contribution in [2.24, 2.45) is 0 Å². The molecule has 43 heavy (non-hydrogen) atoms. The Balaban J connectivity index is 1.48. The van der Waals surface area contributed by atoms with Crippen LogP contribution < -0.4 is 26.6 Å². The van der Waals surface area contributed by atoms with Crippen molar-refractivity contribution < 1.29 is 38.2 Å². The predicted molar refractivity (Wildman–Crippen MR) is 160 cm³/mol. The van der Waals surface area contributed by atoms with Crippen molar-refractivity contribution in [1.82, 2.24) is 31.5 Å². The highest BCUT2D eigenvalue weighted by molar-refractivity contribution is 8.76. The Morgan fingerprint density at radius 3 is 2.63 bits per heavy atom. The summed E-state index contributed by atoms with van der Waals surface area (Å²) in [5.41, 5.74) is -1.16. The molecule has 0 radical (unpaired) electrons. The zero-order valence-electron chi connectivity index (χ0n) is 24.0. The normalized spacial score (nSPS) is 28.4.